The zero-order chi connectivity index (χ0) is 15.7. The summed E-state index contributed by atoms with van der Waals surface area (Å²) in [7, 11) is 1.57. The van der Waals surface area contributed by atoms with Gasteiger partial charge in [-0.25, -0.2) is 0 Å². The molecule has 0 aromatic heterocycles. The third-order valence-corrected chi connectivity index (χ3v) is 4.20. The van der Waals surface area contributed by atoms with Crippen LogP contribution in [0.1, 0.15) is 0 Å². The molecule has 1 unspecified atom stereocenters. The zero-order valence-corrected chi connectivity index (χ0v) is 13.5. The normalized spacial score (nSPS) is 16.5. The lowest BCUT2D eigenvalue weighted by Crippen LogP contribution is -2.37. The van der Waals surface area contributed by atoms with Crippen molar-refractivity contribution >= 4 is 28.9 Å². The van der Waals surface area contributed by atoms with Crippen LogP contribution in [0.4, 0.5) is 5.69 Å². The summed E-state index contributed by atoms with van der Waals surface area (Å²) in [6, 6.07) is 9.29. The number of hydrogen-bond donors (Lipinski definition) is 2. The van der Waals surface area contributed by atoms with Crippen LogP contribution in [0, 0.1) is 0 Å². The first-order valence-electron chi connectivity index (χ1n) is 6.91. The van der Waals surface area contributed by atoms with E-state index < -0.39 is 0 Å². The second kappa shape index (κ2) is 6.24. The van der Waals surface area contributed by atoms with Crippen LogP contribution in [0.3, 0.4) is 0 Å². The molecule has 0 spiro atoms. The number of benzene rings is 2. The van der Waals surface area contributed by atoms with E-state index in [9.17, 15) is 0 Å². The van der Waals surface area contributed by atoms with E-state index in [1.807, 2.05) is 18.2 Å². The molecule has 1 aliphatic heterocycles. The standard InChI is InChI=1S/C16H16Cl2N2O2/c1-21-9-5-12(17)15(13(18)6-9)11-3-2-4-14-16(11)22-10(7-19)8-20-14/h2-6,10,20H,7-8,19H2,1H3. The maximum Gasteiger partial charge on any atom is 0.150 e. The highest BCUT2D eigenvalue weighted by Crippen LogP contribution is 2.45. The number of ether oxygens (including phenoxy) is 2. The fraction of sp³-hybridized carbons (Fsp3) is 0.250. The molecular formula is C16H16Cl2N2O2. The van der Waals surface area contributed by atoms with Gasteiger partial charge in [0.25, 0.3) is 0 Å². The Kier molecular flexibility index (Phi) is 4.34. The summed E-state index contributed by atoms with van der Waals surface area (Å²) in [5, 5.41) is 4.34. The highest BCUT2D eigenvalue weighted by atomic mass is 35.5. The van der Waals surface area contributed by atoms with Gasteiger partial charge in [-0.1, -0.05) is 35.3 Å². The minimum atomic E-state index is -0.0792. The molecule has 0 amide bonds. The van der Waals surface area contributed by atoms with Gasteiger partial charge in [-0.15, -0.1) is 0 Å². The quantitative estimate of drug-likeness (QED) is 0.893. The topological polar surface area (TPSA) is 56.5 Å². The van der Waals surface area contributed by atoms with E-state index in [2.05, 4.69) is 5.32 Å². The number of nitrogens with one attached hydrogen (secondary N) is 1. The van der Waals surface area contributed by atoms with Crippen molar-refractivity contribution in [2.75, 3.05) is 25.5 Å². The van der Waals surface area contributed by atoms with Crippen molar-refractivity contribution in [2.24, 2.45) is 5.73 Å². The number of anilines is 1. The van der Waals surface area contributed by atoms with E-state index >= 15 is 0 Å². The van der Waals surface area contributed by atoms with Gasteiger partial charge in [0.2, 0.25) is 0 Å². The number of hydrogen-bond acceptors (Lipinski definition) is 4. The van der Waals surface area contributed by atoms with Crippen LogP contribution in [0.25, 0.3) is 11.1 Å². The summed E-state index contributed by atoms with van der Waals surface area (Å²) in [5.74, 6) is 1.33. The zero-order valence-electron chi connectivity index (χ0n) is 12.0. The molecule has 1 aliphatic rings. The van der Waals surface area contributed by atoms with Gasteiger partial charge in [0.05, 0.1) is 29.4 Å². The number of methoxy groups -OCH3 is 1. The van der Waals surface area contributed by atoms with Crippen LogP contribution >= 0.6 is 23.2 Å². The van der Waals surface area contributed by atoms with Gasteiger partial charge in [0, 0.05) is 17.7 Å². The SMILES string of the molecule is COc1cc(Cl)c(-c2cccc3c2OC(CN)CN3)c(Cl)c1. The molecule has 6 heteroatoms. The maximum absolute atomic E-state index is 6.40. The number of rotatable bonds is 3. The van der Waals surface area contributed by atoms with E-state index in [4.69, 9.17) is 38.4 Å². The van der Waals surface area contributed by atoms with Gasteiger partial charge < -0.3 is 20.5 Å². The Morgan fingerprint density at radius 1 is 1.32 bits per heavy atom. The molecule has 2 aromatic rings. The largest absolute Gasteiger partial charge is 0.497 e. The summed E-state index contributed by atoms with van der Waals surface area (Å²) >= 11 is 12.8. The summed E-state index contributed by atoms with van der Waals surface area (Å²) in [5.41, 5.74) is 8.18. The lowest BCUT2D eigenvalue weighted by Gasteiger charge is -2.28. The third kappa shape index (κ3) is 2.70. The Morgan fingerprint density at radius 3 is 2.68 bits per heavy atom. The molecule has 3 rings (SSSR count). The van der Waals surface area contributed by atoms with Crippen LogP contribution in [0.15, 0.2) is 30.3 Å². The molecule has 1 heterocycles. The molecule has 4 nitrogen and oxygen atoms in total. The van der Waals surface area contributed by atoms with Gasteiger partial charge >= 0.3 is 0 Å². The average molecular weight is 339 g/mol. The Hall–Kier alpha value is -1.62. The van der Waals surface area contributed by atoms with Gasteiger partial charge in [0.1, 0.15) is 11.9 Å². The van der Waals surface area contributed by atoms with Crippen molar-refractivity contribution in [3.8, 4) is 22.6 Å². The highest BCUT2D eigenvalue weighted by molar-refractivity contribution is 6.39. The lowest BCUT2D eigenvalue weighted by molar-refractivity contribution is 0.215. The van der Waals surface area contributed by atoms with Gasteiger partial charge in [-0.05, 0) is 18.2 Å². The van der Waals surface area contributed by atoms with Crippen LogP contribution in [-0.2, 0) is 0 Å². The number of nitrogens with two attached hydrogens (primary N) is 1. The Labute approximate surface area is 139 Å². The van der Waals surface area contributed by atoms with Crippen LogP contribution in [0.5, 0.6) is 11.5 Å². The average Bonchev–Trinajstić information content (AvgIpc) is 2.53. The summed E-state index contributed by atoms with van der Waals surface area (Å²) in [4.78, 5) is 0. The Bertz CT molecular complexity index is 684. The fourth-order valence-electron chi connectivity index (χ4n) is 2.49. The van der Waals surface area contributed by atoms with Crippen molar-refractivity contribution < 1.29 is 9.47 Å². The predicted molar refractivity (Wildman–Crippen MR) is 90.4 cm³/mol. The van der Waals surface area contributed by atoms with E-state index in [1.165, 1.54) is 0 Å². The molecule has 1 atom stereocenters. The van der Waals surface area contributed by atoms with Crippen LogP contribution in [-0.4, -0.2) is 26.3 Å². The molecule has 0 aliphatic carbocycles. The van der Waals surface area contributed by atoms with Crippen molar-refractivity contribution in [3.05, 3.63) is 40.4 Å². The first-order valence-corrected chi connectivity index (χ1v) is 7.66. The second-order valence-corrected chi connectivity index (χ2v) is 5.82. The number of para-hydroxylation sites is 1. The molecule has 22 heavy (non-hydrogen) atoms. The molecular weight excluding hydrogens is 323 g/mol. The van der Waals surface area contributed by atoms with E-state index in [0.29, 0.717) is 28.9 Å². The monoisotopic (exact) mass is 338 g/mol. The Balaban J connectivity index is 2.14. The maximum atomic E-state index is 6.40. The highest BCUT2D eigenvalue weighted by Gasteiger charge is 2.23. The third-order valence-electron chi connectivity index (χ3n) is 3.60. The van der Waals surface area contributed by atoms with Crippen molar-refractivity contribution in [2.45, 2.75) is 6.10 Å². The van der Waals surface area contributed by atoms with E-state index in [1.54, 1.807) is 19.2 Å². The van der Waals surface area contributed by atoms with Gasteiger partial charge in [-0.2, -0.15) is 0 Å². The first-order chi connectivity index (χ1) is 10.6. The second-order valence-electron chi connectivity index (χ2n) is 5.00. The molecule has 116 valence electrons. The minimum absolute atomic E-state index is 0.0792. The van der Waals surface area contributed by atoms with Crippen molar-refractivity contribution in [1.82, 2.24) is 0 Å². The lowest BCUT2D eigenvalue weighted by atomic mass is 10.0. The smallest absolute Gasteiger partial charge is 0.150 e. The van der Waals surface area contributed by atoms with E-state index in [0.717, 1.165) is 22.6 Å². The fourth-order valence-corrected chi connectivity index (χ4v) is 3.16. The summed E-state index contributed by atoms with van der Waals surface area (Å²) in [6.07, 6.45) is -0.0792. The first kappa shape index (κ1) is 15.3. The number of fused-ring (bicyclic) bond motifs is 1. The summed E-state index contributed by atoms with van der Waals surface area (Å²) in [6.45, 7) is 1.11. The summed E-state index contributed by atoms with van der Waals surface area (Å²) < 4.78 is 11.2. The molecule has 2 aromatic carbocycles. The van der Waals surface area contributed by atoms with Gasteiger partial charge in [0.15, 0.2) is 5.75 Å². The molecule has 0 radical (unpaired) electrons. The Morgan fingerprint density at radius 2 is 2.05 bits per heavy atom. The van der Waals surface area contributed by atoms with E-state index in [-0.39, 0.29) is 6.10 Å². The number of halogens is 2. The molecule has 3 N–H and O–H groups in total. The van der Waals surface area contributed by atoms with Crippen molar-refractivity contribution in [1.29, 1.82) is 0 Å². The van der Waals surface area contributed by atoms with Crippen LogP contribution < -0.4 is 20.5 Å². The predicted octanol–water partition coefficient (Wildman–Crippen LogP) is 3.80. The van der Waals surface area contributed by atoms with Gasteiger partial charge in [-0.3, -0.25) is 0 Å². The minimum Gasteiger partial charge on any atom is -0.497 e. The molecule has 0 saturated carbocycles. The molecule has 0 fully saturated rings. The van der Waals surface area contributed by atoms with Crippen molar-refractivity contribution in [3.63, 3.8) is 0 Å². The molecule has 0 bridgehead atoms. The molecule has 0 saturated heterocycles. The van der Waals surface area contributed by atoms with Crippen LogP contribution in [0.2, 0.25) is 10.0 Å².